The molecule has 1 aromatic heterocycles. The van der Waals surface area contributed by atoms with Gasteiger partial charge < -0.3 is 23.9 Å². The highest BCUT2D eigenvalue weighted by molar-refractivity contribution is 6.14. The molecule has 0 bridgehead atoms. The third-order valence-corrected chi connectivity index (χ3v) is 3.31. The molecule has 0 saturated heterocycles. The summed E-state index contributed by atoms with van der Waals surface area (Å²) in [5, 5.41) is 3.22. The maximum Gasteiger partial charge on any atom is 0.360 e. The molecule has 2 aromatic rings. The maximum absolute atomic E-state index is 12.2. The van der Waals surface area contributed by atoms with E-state index in [0.717, 1.165) is 6.20 Å². The van der Waals surface area contributed by atoms with Gasteiger partial charge in [-0.1, -0.05) is 12.1 Å². The summed E-state index contributed by atoms with van der Waals surface area (Å²) in [4.78, 5) is 36.0. The van der Waals surface area contributed by atoms with E-state index in [4.69, 9.17) is 18.6 Å². The van der Waals surface area contributed by atoms with Crippen LogP contribution in [0.2, 0.25) is 0 Å². The Hall–Kier alpha value is -3.29. The Morgan fingerprint density at radius 3 is 2.38 bits per heavy atom. The molecule has 0 aliphatic rings. The number of nitrogens with one attached hydrogen (secondary N) is 1. The van der Waals surface area contributed by atoms with E-state index in [2.05, 4.69) is 5.32 Å². The molecule has 0 fully saturated rings. The number of hydrogen-bond acceptors (Lipinski definition) is 8. The fraction of sp³-hybridized carbons (Fsp3) is 0.278. The Morgan fingerprint density at radius 1 is 1.15 bits per heavy atom. The molecule has 1 N–H and O–H groups in total. The molecule has 138 valence electrons. The Bertz CT molecular complexity index is 878. The molecule has 26 heavy (non-hydrogen) atoms. The first-order valence-electron chi connectivity index (χ1n) is 7.93. The summed E-state index contributed by atoms with van der Waals surface area (Å²) in [6.45, 7) is 3.40. The topological polar surface area (TPSA) is 104 Å². The Morgan fingerprint density at radius 2 is 1.81 bits per heavy atom. The van der Waals surface area contributed by atoms with E-state index in [1.807, 2.05) is 0 Å². The smallest absolute Gasteiger partial charge is 0.360 e. The zero-order chi connectivity index (χ0) is 19.1. The van der Waals surface area contributed by atoms with Gasteiger partial charge in [-0.15, -0.1) is 0 Å². The van der Waals surface area contributed by atoms with Gasteiger partial charge in [0.15, 0.2) is 16.9 Å². The number of para-hydroxylation sites is 1. The van der Waals surface area contributed by atoms with Gasteiger partial charge in [-0.25, -0.2) is 14.4 Å². The van der Waals surface area contributed by atoms with E-state index in [1.54, 1.807) is 32.0 Å². The van der Waals surface area contributed by atoms with Crippen LogP contribution in [0.5, 0.6) is 5.75 Å². The van der Waals surface area contributed by atoms with Gasteiger partial charge in [0, 0.05) is 11.6 Å². The van der Waals surface area contributed by atoms with Crippen LogP contribution in [-0.2, 0) is 19.1 Å². The molecular weight excluding hydrogens is 342 g/mol. The van der Waals surface area contributed by atoms with Gasteiger partial charge in [0.2, 0.25) is 0 Å². The third kappa shape index (κ3) is 4.21. The number of carbonyl (C=O) groups excluding carboxylic acids is 2. The average molecular weight is 361 g/mol. The number of benzene rings is 1. The molecule has 8 heteroatoms. The van der Waals surface area contributed by atoms with Crippen molar-refractivity contribution in [3.8, 4) is 5.75 Å². The fourth-order valence-corrected chi connectivity index (χ4v) is 2.15. The van der Waals surface area contributed by atoms with Crippen molar-refractivity contribution in [3.05, 3.63) is 46.5 Å². The molecule has 0 amide bonds. The van der Waals surface area contributed by atoms with Gasteiger partial charge in [-0.3, -0.25) is 0 Å². The molecule has 0 radical (unpaired) electrons. The van der Waals surface area contributed by atoms with E-state index in [1.165, 1.54) is 13.2 Å². The van der Waals surface area contributed by atoms with Crippen molar-refractivity contribution >= 4 is 28.6 Å². The van der Waals surface area contributed by atoms with Crippen molar-refractivity contribution in [2.45, 2.75) is 13.8 Å². The second-order valence-electron chi connectivity index (χ2n) is 4.97. The zero-order valence-corrected chi connectivity index (χ0v) is 14.7. The number of ether oxygens (including phenoxy) is 3. The summed E-state index contributed by atoms with van der Waals surface area (Å²) in [6, 6.07) is 6.66. The molecule has 0 unspecified atom stereocenters. The lowest BCUT2D eigenvalue weighted by Gasteiger charge is -2.08. The predicted octanol–water partition coefficient (Wildman–Crippen LogP) is 2.22. The van der Waals surface area contributed by atoms with Crippen molar-refractivity contribution in [1.29, 1.82) is 0 Å². The van der Waals surface area contributed by atoms with E-state index >= 15 is 0 Å². The molecule has 1 heterocycles. The Balaban J connectivity index is 2.39. The van der Waals surface area contributed by atoms with Crippen LogP contribution in [0.3, 0.4) is 0 Å². The highest BCUT2D eigenvalue weighted by Crippen LogP contribution is 2.25. The molecule has 0 atom stereocenters. The van der Waals surface area contributed by atoms with E-state index < -0.39 is 17.6 Å². The first kappa shape index (κ1) is 19.0. The Kier molecular flexibility index (Phi) is 6.37. The van der Waals surface area contributed by atoms with Crippen LogP contribution in [0.25, 0.3) is 11.0 Å². The average Bonchev–Trinajstić information content (AvgIpc) is 2.62. The lowest BCUT2D eigenvalue weighted by molar-refractivity contribution is -0.146. The number of methoxy groups -OCH3 is 1. The molecule has 1 aromatic carbocycles. The van der Waals surface area contributed by atoms with Gasteiger partial charge >= 0.3 is 17.6 Å². The van der Waals surface area contributed by atoms with E-state index in [9.17, 15) is 14.4 Å². The molecule has 0 aliphatic carbocycles. The molecule has 0 aliphatic heterocycles. The van der Waals surface area contributed by atoms with Crippen molar-refractivity contribution in [2.24, 2.45) is 0 Å². The summed E-state index contributed by atoms with van der Waals surface area (Å²) in [6.07, 6.45) is 1.06. The maximum atomic E-state index is 12.2. The van der Waals surface area contributed by atoms with Crippen LogP contribution in [0.4, 0.5) is 5.69 Å². The molecule has 8 nitrogen and oxygen atoms in total. The van der Waals surface area contributed by atoms with Gasteiger partial charge in [0.05, 0.1) is 20.3 Å². The second kappa shape index (κ2) is 8.70. The number of carbonyl (C=O) groups is 2. The molecular formula is C18H19NO7. The number of esters is 2. The van der Waals surface area contributed by atoms with Gasteiger partial charge in [0.25, 0.3) is 0 Å². The van der Waals surface area contributed by atoms with Crippen molar-refractivity contribution in [1.82, 2.24) is 0 Å². The van der Waals surface area contributed by atoms with Gasteiger partial charge in [-0.2, -0.15) is 0 Å². The lowest BCUT2D eigenvalue weighted by Crippen LogP contribution is -2.20. The first-order valence-corrected chi connectivity index (χ1v) is 7.93. The summed E-state index contributed by atoms with van der Waals surface area (Å²) < 4.78 is 20.1. The fourth-order valence-electron chi connectivity index (χ4n) is 2.15. The van der Waals surface area contributed by atoms with Crippen LogP contribution >= 0.6 is 0 Å². The normalized spacial score (nSPS) is 10.1. The summed E-state index contributed by atoms with van der Waals surface area (Å²) in [5.74, 6) is -1.30. The van der Waals surface area contributed by atoms with E-state index in [-0.39, 0.29) is 24.5 Å². The monoisotopic (exact) mass is 361 g/mol. The largest absolute Gasteiger partial charge is 0.493 e. The molecule has 2 rings (SSSR count). The molecule has 0 spiro atoms. The Labute approximate surface area is 149 Å². The number of rotatable bonds is 7. The SMILES string of the molecule is CCOC(=O)C(=CNc1cc2cccc(OC)c2oc1=O)C(=O)OCC. The summed E-state index contributed by atoms with van der Waals surface area (Å²) in [5.41, 5.74) is -0.716. The predicted molar refractivity (Wildman–Crippen MR) is 94.0 cm³/mol. The van der Waals surface area contributed by atoms with Crippen LogP contribution in [0.15, 0.2) is 45.3 Å². The lowest BCUT2D eigenvalue weighted by atomic mass is 10.2. The minimum Gasteiger partial charge on any atom is -0.493 e. The second-order valence-corrected chi connectivity index (χ2v) is 4.97. The van der Waals surface area contributed by atoms with Crippen molar-refractivity contribution in [3.63, 3.8) is 0 Å². The van der Waals surface area contributed by atoms with E-state index in [0.29, 0.717) is 16.7 Å². The molecule has 0 saturated carbocycles. The van der Waals surface area contributed by atoms with Crippen LogP contribution < -0.4 is 15.7 Å². The first-order chi connectivity index (χ1) is 12.5. The van der Waals surface area contributed by atoms with Gasteiger partial charge in [0.1, 0.15) is 5.69 Å². The quantitative estimate of drug-likeness (QED) is 0.263. The summed E-state index contributed by atoms with van der Waals surface area (Å²) >= 11 is 0. The van der Waals surface area contributed by atoms with Crippen LogP contribution in [0.1, 0.15) is 13.8 Å². The third-order valence-electron chi connectivity index (χ3n) is 3.31. The number of anilines is 1. The highest BCUT2D eigenvalue weighted by Gasteiger charge is 2.21. The summed E-state index contributed by atoms with van der Waals surface area (Å²) in [7, 11) is 1.47. The standard InChI is InChI=1S/C18H19NO7/c1-4-24-16(20)12(17(21)25-5-2)10-19-13-9-11-7-6-8-14(23-3)15(11)26-18(13)22/h6-10,19H,4-5H2,1-3H3. The number of fused-ring (bicyclic) bond motifs is 1. The minimum absolute atomic E-state index is 0.0388. The number of hydrogen-bond donors (Lipinski definition) is 1. The van der Waals surface area contributed by atoms with Crippen LogP contribution in [-0.4, -0.2) is 32.3 Å². The van der Waals surface area contributed by atoms with Crippen molar-refractivity contribution in [2.75, 3.05) is 25.6 Å². The van der Waals surface area contributed by atoms with Gasteiger partial charge in [-0.05, 0) is 26.0 Å². The zero-order valence-electron chi connectivity index (χ0n) is 14.7. The highest BCUT2D eigenvalue weighted by atomic mass is 16.6. The minimum atomic E-state index is -0.856. The van der Waals surface area contributed by atoms with Crippen LogP contribution in [0, 0.1) is 0 Å². The van der Waals surface area contributed by atoms with Crippen molar-refractivity contribution < 1.29 is 28.2 Å².